The summed E-state index contributed by atoms with van der Waals surface area (Å²) in [4.78, 5) is 42.0. The van der Waals surface area contributed by atoms with Crippen molar-refractivity contribution in [1.29, 1.82) is 0 Å². The molecule has 1 saturated carbocycles. The van der Waals surface area contributed by atoms with Crippen molar-refractivity contribution in [3.8, 4) is 0 Å². The van der Waals surface area contributed by atoms with Crippen LogP contribution in [0.25, 0.3) is 0 Å². The predicted molar refractivity (Wildman–Crippen MR) is 166 cm³/mol. The van der Waals surface area contributed by atoms with E-state index in [1.165, 1.54) is 35.6 Å². The van der Waals surface area contributed by atoms with E-state index >= 15 is 0 Å². The largest absolute Gasteiger partial charge is 0.450 e. The number of alkyl carbamates (subject to hydrolysis) is 1. The number of hydrogen-bond donors (Lipinski definition) is 2. The zero-order valence-electron chi connectivity index (χ0n) is 25.6. The highest BCUT2D eigenvalue weighted by atomic mass is 32.2. The standard InChI is InChI=1S/C31H42N4O6S2/c1-6-13-34-14-12-23-24(17-34)42-28(25(23)27(37)33-29(38)41-7-2)32-26(36)20-8-10-22(11-9-20)43(39,40)35-19-31(5)16-21(35)15-30(3,4)18-31/h8-11,21H,6-7,12-19H2,1-5H3,(H,32,36)(H,33,37,38). The van der Waals surface area contributed by atoms with Crippen molar-refractivity contribution < 1.29 is 27.5 Å². The molecular weight excluding hydrogens is 588 g/mol. The van der Waals surface area contributed by atoms with E-state index in [2.05, 4.69) is 43.2 Å². The van der Waals surface area contributed by atoms with E-state index < -0.39 is 27.9 Å². The number of rotatable bonds is 8. The summed E-state index contributed by atoms with van der Waals surface area (Å²) >= 11 is 1.33. The van der Waals surface area contributed by atoms with E-state index in [4.69, 9.17) is 4.74 Å². The molecule has 3 heterocycles. The monoisotopic (exact) mass is 630 g/mol. The van der Waals surface area contributed by atoms with E-state index in [-0.39, 0.29) is 39.5 Å². The highest BCUT2D eigenvalue weighted by molar-refractivity contribution is 7.89. The zero-order chi connectivity index (χ0) is 31.2. The number of fused-ring (bicyclic) bond motifs is 3. The van der Waals surface area contributed by atoms with E-state index in [9.17, 15) is 22.8 Å². The lowest BCUT2D eigenvalue weighted by Crippen LogP contribution is -2.37. The van der Waals surface area contributed by atoms with Gasteiger partial charge in [-0.25, -0.2) is 13.2 Å². The summed E-state index contributed by atoms with van der Waals surface area (Å²) in [6, 6.07) is 5.95. The summed E-state index contributed by atoms with van der Waals surface area (Å²) in [6.07, 6.45) is 3.46. The van der Waals surface area contributed by atoms with Gasteiger partial charge in [0.15, 0.2) is 0 Å². The average Bonchev–Trinajstić information content (AvgIpc) is 3.41. The summed E-state index contributed by atoms with van der Waals surface area (Å²) in [6.45, 7) is 13.3. The highest BCUT2D eigenvalue weighted by Crippen LogP contribution is 2.53. The second-order valence-corrected chi connectivity index (χ2v) is 16.1. The molecule has 2 unspecified atom stereocenters. The van der Waals surface area contributed by atoms with Crippen LogP contribution in [0, 0.1) is 10.8 Å². The Hall–Kier alpha value is -2.80. The van der Waals surface area contributed by atoms with Crippen molar-refractivity contribution in [1.82, 2.24) is 14.5 Å². The van der Waals surface area contributed by atoms with Gasteiger partial charge in [-0.2, -0.15) is 4.31 Å². The molecule has 1 saturated heterocycles. The van der Waals surface area contributed by atoms with Crippen LogP contribution in [0.1, 0.15) is 91.5 Å². The first-order valence-corrected chi connectivity index (χ1v) is 17.3. The van der Waals surface area contributed by atoms with Crippen molar-refractivity contribution in [2.75, 3.05) is 31.6 Å². The lowest BCUT2D eigenvalue weighted by molar-refractivity contribution is 0.0924. The maximum atomic E-state index is 13.7. The Bertz CT molecular complexity index is 1520. The van der Waals surface area contributed by atoms with E-state index in [1.807, 2.05) is 0 Å². The Morgan fingerprint density at radius 2 is 1.79 bits per heavy atom. The van der Waals surface area contributed by atoms with Gasteiger partial charge in [0.05, 0.1) is 17.1 Å². The second-order valence-electron chi connectivity index (χ2n) is 13.2. The Balaban J connectivity index is 1.36. The minimum Gasteiger partial charge on any atom is -0.450 e. The molecule has 1 aromatic heterocycles. The number of amides is 3. The number of imide groups is 1. The third-order valence-electron chi connectivity index (χ3n) is 8.71. The molecule has 1 aromatic carbocycles. The van der Waals surface area contributed by atoms with Crippen molar-refractivity contribution in [2.45, 2.75) is 84.2 Å². The molecule has 3 aliphatic rings. The number of nitrogens with zero attached hydrogens (tertiary/aromatic N) is 2. The number of sulfonamides is 1. The van der Waals surface area contributed by atoms with Gasteiger partial charge in [0.1, 0.15) is 5.00 Å². The molecule has 2 aliphatic heterocycles. The fourth-order valence-corrected chi connectivity index (χ4v) is 10.4. The number of anilines is 1. The molecule has 3 amide bonds. The van der Waals surface area contributed by atoms with Crippen LogP contribution >= 0.6 is 11.3 Å². The van der Waals surface area contributed by atoms with Crippen LogP contribution in [0.3, 0.4) is 0 Å². The smallest absolute Gasteiger partial charge is 0.414 e. The van der Waals surface area contributed by atoms with Crippen LogP contribution < -0.4 is 10.6 Å². The summed E-state index contributed by atoms with van der Waals surface area (Å²) < 4.78 is 33.9. The van der Waals surface area contributed by atoms with Gasteiger partial charge >= 0.3 is 6.09 Å². The SMILES string of the molecule is CCCN1CCc2c(sc(NC(=O)c3ccc(S(=O)(=O)N4CC5(C)CC4CC(C)(C)C5)cc3)c2C(=O)NC(=O)OCC)C1. The van der Waals surface area contributed by atoms with E-state index in [0.717, 1.165) is 49.2 Å². The first kappa shape index (κ1) is 31.6. The lowest BCUT2D eigenvalue weighted by atomic mass is 9.65. The number of thiophene rings is 1. The molecular formula is C31H42N4O6S2. The summed E-state index contributed by atoms with van der Waals surface area (Å²) in [5.41, 5.74) is 1.41. The summed E-state index contributed by atoms with van der Waals surface area (Å²) in [5, 5.41) is 5.48. The van der Waals surface area contributed by atoms with Gasteiger partial charge in [-0.15, -0.1) is 11.3 Å². The average molecular weight is 631 g/mol. The lowest BCUT2D eigenvalue weighted by Gasteiger charge is -2.39. The number of carbonyl (C=O) groups is 3. The third kappa shape index (κ3) is 6.52. The Kier molecular flexibility index (Phi) is 8.78. The van der Waals surface area contributed by atoms with Gasteiger partial charge in [0.25, 0.3) is 11.8 Å². The fourth-order valence-electron chi connectivity index (χ4n) is 7.39. The maximum Gasteiger partial charge on any atom is 0.414 e. The van der Waals surface area contributed by atoms with E-state index in [0.29, 0.717) is 24.5 Å². The van der Waals surface area contributed by atoms with Crippen molar-refractivity contribution in [3.63, 3.8) is 0 Å². The molecule has 43 heavy (non-hydrogen) atoms. The molecule has 2 atom stereocenters. The number of nitrogens with one attached hydrogen (secondary N) is 2. The van der Waals surface area contributed by atoms with Gasteiger partial charge in [-0.1, -0.05) is 27.7 Å². The number of ether oxygens (including phenoxy) is 1. The van der Waals surface area contributed by atoms with Gasteiger partial charge in [0, 0.05) is 36.1 Å². The van der Waals surface area contributed by atoms with Crippen molar-refractivity contribution in [3.05, 3.63) is 45.8 Å². The quantitative estimate of drug-likeness (QED) is 0.409. The molecule has 2 bridgehead atoms. The molecule has 0 radical (unpaired) electrons. The summed E-state index contributed by atoms with van der Waals surface area (Å²) in [7, 11) is -3.73. The zero-order valence-corrected chi connectivity index (χ0v) is 27.3. The molecule has 2 fully saturated rings. The van der Waals surface area contributed by atoms with Crippen LogP contribution in [0.4, 0.5) is 9.80 Å². The van der Waals surface area contributed by atoms with E-state index in [1.54, 1.807) is 11.2 Å². The van der Waals surface area contributed by atoms with Crippen LogP contribution in [0.15, 0.2) is 29.2 Å². The van der Waals surface area contributed by atoms with Crippen molar-refractivity contribution in [2.24, 2.45) is 10.8 Å². The minimum atomic E-state index is -3.73. The number of carbonyl (C=O) groups excluding carboxylic acids is 3. The van der Waals surface area contributed by atoms with Crippen molar-refractivity contribution >= 4 is 44.3 Å². The maximum absolute atomic E-state index is 13.7. The van der Waals surface area contributed by atoms with Crippen LogP contribution in [-0.4, -0.2) is 67.8 Å². The molecule has 2 aromatic rings. The molecule has 12 heteroatoms. The van der Waals surface area contributed by atoms with Gasteiger partial charge < -0.3 is 10.1 Å². The minimum absolute atomic E-state index is 0.0287. The fraction of sp³-hybridized carbons (Fsp3) is 0.581. The summed E-state index contributed by atoms with van der Waals surface area (Å²) in [5.74, 6) is -1.09. The van der Waals surface area contributed by atoms with Gasteiger partial charge in [-0.05, 0) is 86.2 Å². The second kappa shape index (κ2) is 11.9. The highest BCUT2D eigenvalue weighted by Gasteiger charge is 2.53. The molecule has 0 spiro atoms. The van der Waals surface area contributed by atoms with Crippen LogP contribution in [0.5, 0.6) is 0 Å². The van der Waals surface area contributed by atoms with Crippen LogP contribution in [0.2, 0.25) is 0 Å². The normalized spacial score (nSPS) is 23.4. The first-order valence-electron chi connectivity index (χ1n) is 15.0. The predicted octanol–water partition coefficient (Wildman–Crippen LogP) is 5.24. The molecule has 2 N–H and O–H groups in total. The molecule has 1 aliphatic carbocycles. The molecule has 234 valence electrons. The number of hydrogen-bond acceptors (Lipinski definition) is 8. The Morgan fingerprint density at radius 3 is 2.47 bits per heavy atom. The molecule has 5 rings (SSSR count). The molecule has 10 nitrogen and oxygen atoms in total. The Morgan fingerprint density at radius 1 is 1.07 bits per heavy atom. The topological polar surface area (TPSA) is 125 Å². The Labute approximate surface area is 258 Å². The van der Waals surface area contributed by atoms with Crippen LogP contribution in [-0.2, 0) is 27.7 Å². The number of benzene rings is 1. The van der Waals surface area contributed by atoms with Gasteiger partial charge in [0.2, 0.25) is 10.0 Å². The first-order chi connectivity index (χ1) is 20.2. The third-order valence-corrected chi connectivity index (χ3v) is 11.8. The van der Waals surface area contributed by atoms with Gasteiger partial charge in [-0.3, -0.25) is 19.8 Å².